The van der Waals surface area contributed by atoms with Crippen LogP contribution in [-0.2, 0) is 14.8 Å². The Balaban J connectivity index is 2.33. The van der Waals surface area contributed by atoms with Gasteiger partial charge in [-0.05, 0) is 39.2 Å². The second kappa shape index (κ2) is 6.54. The average Bonchev–Trinajstić information content (AvgIpc) is 2.69. The summed E-state index contributed by atoms with van der Waals surface area (Å²) in [6.45, 7) is 3.14. The molecule has 0 amide bonds. The van der Waals surface area contributed by atoms with Crippen LogP contribution in [0, 0.1) is 0 Å². The maximum Gasteiger partial charge on any atom is 0.211 e. The van der Waals surface area contributed by atoms with Gasteiger partial charge in [0.25, 0.3) is 0 Å². The largest absolute Gasteiger partial charge is 0.377 e. The molecule has 2 atom stereocenters. The Kier molecular flexibility index (Phi) is 5.68. The molecular weight excluding hydrogens is 228 g/mol. The smallest absolute Gasteiger partial charge is 0.211 e. The topological polar surface area (TPSA) is 81.4 Å². The molecule has 0 saturated carbocycles. The molecule has 6 heteroatoms. The first-order valence-corrected chi connectivity index (χ1v) is 7.52. The van der Waals surface area contributed by atoms with Crippen LogP contribution in [0.1, 0.15) is 32.6 Å². The summed E-state index contributed by atoms with van der Waals surface area (Å²) >= 11 is 0. The number of hydrogen-bond acceptors (Lipinski definition) is 4. The minimum Gasteiger partial charge on any atom is -0.377 e. The van der Waals surface area contributed by atoms with E-state index in [0.717, 1.165) is 25.9 Å². The molecule has 0 aromatic rings. The number of ether oxygens (including phenoxy) is 1. The minimum absolute atomic E-state index is 0.0317. The Morgan fingerprint density at radius 3 is 2.81 bits per heavy atom. The van der Waals surface area contributed by atoms with Crippen molar-refractivity contribution in [3.63, 3.8) is 0 Å². The first-order chi connectivity index (χ1) is 7.55. The number of rotatable bonds is 7. The standard InChI is InChI=1S/C10H22N2O3S/c1-9(10-5-4-7-15-10)12-16(13,14)8-3-2-6-11/h9-10,12H,2-8,11H2,1H3. The van der Waals surface area contributed by atoms with Crippen molar-refractivity contribution in [3.8, 4) is 0 Å². The Morgan fingerprint density at radius 2 is 2.25 bits per heavy atom. The first kappa shape index (κ1) is 13.9. The number of unbranched alkanes of at least 4 members (excludes halogenated alkanes) is 1. The minimum atomic E-state index is -3.18. The zero-order chi connectivity index (χ0) is 12.0. The summed E-state index contributed by atoms with van der Waals surface area (Å²) in [6, 6.07) is -0.134. The molecule has 0 aromatic heterocycles. The molecule has 0 spiro atoms. The third-order valence-corrected chi connectivity index (χ3v) is 4.31. The summed E-state index contributed by atoms with van der Waals surface area (Å²) in [5, 5.41) is 0. The lowest BCUT2D eigenvalue weighted by molar-refractivity contribution is 0.0902. The maximum absolute atomic E-state index is 11.7. The lowest BCUT2D eigenvalue weighted by Crippen LogP contribution is -2.41. The molecule has 1 rings (SSSR count). The quantitative estimate of drug-likeness (QED) is 0.633. The van der Waals surface area contributed by atoms with Crippen molar-refractivity contribution >= 4 is 10.0 Å². The van der Waals surface area contributed by atoms with Crippen molar-refractivity contribution < 1.29 is 13.2 Å². The Labute approximate surface area is 97.8 Å². The number of nitrogens with one attached hydrogen (secondary N) is 1. The fraction of sp³-hybridized carbons (Fsp3) is 1.00. The van der Waals surface area contributed by atoms with Gasteiger partial charge in [0, 0.05) is 12.6 Å². The van der Waals surface area contributed by atoms with Gasteiger partial charge < -0.3 is 10.5 Å². The number of nitrogens with two attached hydrogens (primary N) is 1. The van der Waals surface area contributed by atoms with Crippen molar-refractivity contribution in [2.24, 2.45) is 5.73 Å². The molecule has 2 unspecified atom stereocenters. The van der Waals surface area contributed by atoms with Gasteiger partial charge in [-0.25, -0.2) is 13.1 Å². The third kappa shape index (κ3) is 4.78. The predicted molar refractivity (Wildman–Crippen MR) is 63.6 cm³/mol. The molecule has 0 aliphatic carbocycles. The zero-order valence-corrected chi connectivity index (χ0v) is 10.6. The first-order valence-electron chi connectivity index (χ1n) is 5.87. The summed E-state index contributed by atoms with van der Waals surface area (Å²) in [5.74, 6) is 0.154. The summed E-state index contributed by atoms with van der Waals surface area (Å²) in [7, 11) is -3.18. The molecule has 0 bridgehead atoms. The van der Waals surface area contributed by atoms with Crippen molar-refractivity contribution in [1.82, 2.24) is 4.72 Å². The van der Waals surface area contributed by atoms with Crippen LogP contribution < -0.4 is 10.5 Å². The monoisotopic (exact) mass is 250 g/mol. The summed E-state index contributed by atoms with van der Waals surface area (Å²) < 4.78 is 31.4. The van der Waals surface area contributed by atoms with E-state index in [1.165, 1.54) is 0 Å². The maximum atomic E-state index is 11.7. The van der Waals surface area contributed by atoms with E-state index < -0.39 is 10.0 Å². The average molecular weight is 250 g/mol. The lowest BCUT2D eigenvalue weighted by atomic mass is 10.1. The van der Waals surface area contributed by atoms with E-state index in [9.17, 15) is 8.42 Å². The second-order valence-electron chi connectivity index (χ2n) is 4.27. The molecule has 1 heterocycles. The molecule has 16 heavy (non-hydrogen) atoms. The van der Waals surface area contributed by atoms with Crippen molar-refractivity contribution in [3.05, 3.63) is 0 Å². The SMILES string of the molecule is CC(NS(=O)(=O)CCCCN)C1CCCO1. The van der Waals surface area contributed by atoms with Gasteiger partial charge >= 0.3 is 0 Å². The van der Waals surface area contributed by atoms with Crippen molar-refractivity contribution in [2.45, 2.75) is 44.8 Å². The summed E-state index contributed by atoms with van der Waals surface area (Å²) in [6.07, 6.45) is 3.35. The van der Waals surface area contributed by atoms with Gasteiger partial charge in [0.05, 0.1) is 11.9 Å². The Bertz CT molecular complexity index is 286. The van der Waals surface area contributed by atoms with Gasteiger partial charge in [-0.2, -0.15) is 0 Å². The van der Waals surface area contributed by atoms with Crippen LogP contribution in [-0.4, -0.2) is 39.5 Å². The highest BCUT2D eigenvalue weighted by molar-refractivity contribution is 7.89. The van der Waals surface area contributed by atoms with Gasteiger partial charge in [0.2, 0.25) is 10.0 Å². The van der Waals surface area contributed by atoms with Crippen LogP contribution >= 0.6 is 0 Å². The van der Waals surface area contributed by atoms with E-state index in [0.29, 0.717) is 13.0 Å². The van der Waals surface area contributed by atoms with E-state index in [4.69, 9.17) is 10.5 Å². The summed E-state index contributed by atoms with van der Waals surface area (Å²) in [4.78, 5) is 0. The highest BCUT2D eigenvalue weighted by atomic mass is 32.2. The third-order valence-electron chi connectivity index (χ3n) is 2.76. The van der Waals surface area contributed by atoms with Crippen LogP contribution in [0.3, 0.4) is 0 Å². The van der Waals surface area contributed by atoms with E-state index in [-0.39, 0.29) is 17.9 Å². The van der Waals surface area contributed by atoms with Gasteiger partial charge in [0.15, 0.2) is 0 Å². The van der Waals surface area contributed by atoms with Gasteiger partial charge in [0.1, 0.15) is 0 Å². The highest BCUT2D eigenvalue weighted by Gasteiger charge is 2.25. The molecular formula is C10H22N2O3S. The molecule has 1 aliphatic heterocycles. The molecule has 1 saturated heterocycles. The van der Waals surface area contributed by atoms with E-state index >= 15 is 0 Å². The van der Waals surface area contributed by atoms with Crippen LogP contribution in [0.25, 0.3) is 0 Å². The van der Waals surface area contributed by atoms with E-state index in [1.807, 2.05) is 6.92 Å². The van der Waals surface area contributed by atoms with Crippen LogP contribution in [0.15, 0.2) is 0 Å². The van der Waals surface area contributed by atoms with E-state index in [2.05, 4.69) is 4.72 Å². The second-order valence-corrected chi connectivity index (χ2v) is 6.15. The van der Waals surface area contributed by atoms with Crippen LogP contribution in [0.4, 0.5) is 0 Å². The highest BCUT2D eigenvalue weighted by Crippen LogP contribution is 2.16. The predicted octanol–water partition coefficient (Wildman–Crippen LogP) is 0.212. The zero-order valence-electron chi connectivity index (χ0n) is 9.81. The molecule has 5 nitrogen and oxygen atoms in total. The van der Waals surface area contributed by atoms with Gasteiger partial charge in [-0.3, -0.25) is 0 Å². The van der Waals surface area contributed by atoms with Gasteiger partial charge in [-0.1, -0.05) is 0 Å². The molecule has 0 radical (unpaired) electrons. The molecule has 96 valence electrons. The summed E-state index contributed by atoms with van der Waals surface area (Å²) in [5.41, 5.74) is 5.32. The lowest BCUT2D eigenvalue weighted by Gasteiger charge is -2.19. The van der Waals surface area contributed by atoms with Crippen molar-refractivity contribution in [2.75, 3.05) is 18.9 Å². The molecule has 3 N–H and O–H groups in total. The van der Waals surface area contributed by atoms with Crippen molar-refractivity contribution in [1.29, 1.82) is 0 Å². The normalized spacial score (nSPS) is 23.5. The molecule has 0 aromatic carbocycles. The Hall–Kier alpha value is -0.170. The fourth-order valence-electron chi connectivity index (χ4n) is 1.85. The molecule has 1 fully saturated rings. The van der Waals surface area contributed by atoms with Crippen LogP contribution in [0.2, 0.25) is 0 Å². The van der Waals surface area contributed by atoms with Gasteiger partial charge in [-0.15, -0.1) is 0 Å². The fourth-order valence-corrected chi connectivity index (χ4v) is 3.27. The van der Waals surface area contributed by atoms with Crippen LogP contribution in [0.5, 0.6) is 0 Å². The number of sulfonamides is 1. The Morgan fingerprint density at radius 1 is 1.50 bits per heavy atom. The molecule has 1 aliphatic rings. The number of hydrogen-bond donors (Lipinski definition) is 2. The van der Waals surface area contributed by atoms with E-state index in [1.54, 1.807) is 0 Å².